The number of fused-ring (bicyclic) bond motifs is 1. The van der Waals surface area contributed by atoms with Crippen molar-refractivity contribution in [2.45, 2.75) is 18.9 Å². The maximum atomic E-state index is 12.8. The number of carbonyl (C=O) groups excluding carboxylic acids is 2. The Morgan fingerprint density at radius 2 is 2.09 bits per heavy atom. The van der Waals surface area contributed by atoms with Gasteiger partial charge in [0.2, 0.25) is 11.8 Å². The lowest BCUT2D eigenvalue weighted by Gasteiger charge is -2.36. The molecule has 33 heavy (non-hydrogen) atoms. The SMILES string of the molecule is CN(C)CC(=O)N1CC[C@@H]2[C@@H](CO[C@H]2CC(=O)Nc2scc(-c3ccc(Cl)cc3)c2C#N)C1. The number of likely N-dealkylation sites (N-methyl/N-ethyl adjacent to an activating group) is 1. The standard InChI is InChI=1S/C24H27ClN4O3S/c1-28(2)12-23(31)29-8-7-18-16(11-29)13-32-21(18)9-22(30)27-24-19(10-26)20(14-33-24)15-3-5-17(25)6-4-15/h3-6,14,16,18,21H,7-9,11-13H2,1-2H3,(H,27,30)/t16-,18-,21+/m1/s1. The van der Waals surface area contributed by atoms with Crippen molar-refractivity contribution in [1.82, 2.24) is 9.80 Å². The average molecular weight is 487 g/mol. The first-order valence-corrected chi connectivity index (χ1v) is 12.2. The van der Waals surface area contributed by atoms with Crippen LogP contribution in [0.5, 0.6) is 0 Å². The Bertz CT molecular complexity index is 1060. The molecule has 1 aromatic carbocycles. The van der Waals surface area contributed by atoms with E-state index in [-0.39, 0.29) is 36.2 Å². The topological polar surface area (TPSA) is 85.7 Å². The molecule has 174 valence electrons. The summed E-state index contributed by atoms with van der Waals surface area (Å²) in [5.41, 5.74) is 2.11. The number of nitriles is 1. The van der Waals surface area contributed by atoms with Crippen molar-refractivity contribution in [3.63, 3.8) is 0 Å². The Kier molecular flexibility index (Phi) is 7.35. The number of likely N-dealkylation sites (tertiary alicyclic amines) is 1. The molecule has 9 heteroatoms. The van der Waals surface area contributed by atoms with Gasteiger partial charge in [-0.2, -0.15) is 5.26 Å². The van der Waals surface area contributed by atoms with Crippen LogP contribution in [0.1, 0.15) is 18.4 Å². The quantitative estimate of drug-likeness (QED) is 0.673. The number of ether oxygens (including phenoxy) is 1. The van der Waals surface area contributed by atoms with Crippen molar-refractivity contribution in [1.29, 1.82) is 5.26 Å². The predicted molar refractivity (Wildman–Crippen MR) is 129 cm³/mol. The molecule has 2 aliphatic heterocycles. The molecular formula is C24H27ClN4O3S. The summed E-state index contributed by atoms with van der Waals surface area (Å²) in [5.74, 6) is 0.503. The van der Waals surface area contributed by atoms with E-state index in [2.05, 4.69) is 11.4 Å². The van der Waals surface area contributed by atoms with Crippen molar-refractivity contribution in [2.75, 3.05) is 45.7 Å². The van der Waals surface area contributed by atoms with Gasteiger partial charge in [0.1, 0.15) is 11.1 Å². The molecule has 2 aromatic rings. The highest BCUT2D eigenvalue weighted by Crippen LogP contribution is 2.38. The second kappa shape index (κ2) is 10.2. The summed E-state index contributed by atoms with van der Waals surface area (Å²) in [4.78, 5) is 29.0. The van der Waals surface area contributed by atoms with E-state index >= 15 is 0 Å². The van der Waals surface area contributed by atoms with E-state index in [0.29, 0.717) is 41.8 Å². The van der Waals surface area contributed by atoms with E-state index in [1.165, 1.54) is 11.3 Å². The molecule has 0 aliphatic carbocycles. The second-order valence-corrected chi connectivity index (χ2v) is 10.2. The normalized spacial score (nSPS) is 22.2. The van der Waals surface area contributed by atoms with Crippen LogP contribution in [0.3, 0.4) is 0 Å². The van der Waals surface area contributed by atoms with E-state index in [1.807, 2.05) is 41.4 Å². The Morgan fingerprint density at radius 1 is 1.33 bits per heavy atom. The van der Waals surface area contributed by atoms with Crippen LogP contribution in [-0.2, 0) is 14.3 Å². The van der Waals surface area contributed by atoms with Crippen molar-refractivity contribution in [3.8, 4) is 17.2 Å². The molecule has 2 saturated heterocycles. The van der Waals surface area contributed by atoms with E-state index < -0.39 is 0 Å². The lowest BCUT2D eigenvalue weighted by atomic mass is 9.83. The first kappa shape index (κ1) is 23.7. The molecular weight excluding hydrogens is 460 g/mol. The number of hydrogen-bond donors (Lipinski definition) is 1. The molecule has 3 atom stereocenters. The highest BCUT2D eigenvalue weighted by Gasteiger charge is 2.42. The van der Waals surface area contributed by atoms with Gasteiger partial charge in [0.25, 0.3) is 0 Å². The number of benzene rings is 1. The summed E-state index contributed by atoms with van der Waals surface area (Å²) in [6, 6.07) is 9.50. The molecule has 1 aromatic heterocycles. The van der Waals surface area contributed by atoms with Crippen LogP contribution in [0.4, 0.5) is 5.00 Å². The number of thiophene rings is 1. The van der Waals surface area contributed by atoms with E-state index in [1.54, 1.807) is 12.1 Å². The lowest BCUT2D eigenvalue weighted by molar-refractivity contribution is -0.134. The van der Waals surface area contributed by atoms with Crippen molar-refractivity contribution in [2.24, 2.45) is 11.8 Å². The summed E-state index contributed by atoms with van der Waals surface area (Å²) >= 11 is 7.31. The fourth-order valence-electron chi connectivity index (χ4n) is 4.66. The molecule has 1 N–H and O–H groups in total. The highest BCUT2D eigenvalue weighted by molar-refractivity contribution is 7.15. The highest BCUT2D eigenvalue weighted by atomic mass is 35.5. The van der Waals surface area contributed by atoms with Gasteiger partial charge in [0.05, 0.1) is 31.2 Å². The van der Waals surface area contributed by atoms with Gasteiger partial charge in [-0.1, -0.05) is 23.7 Å². The molecule has 3 heterocycles. The fraction of sp³-hybridized carbons (Fsp3) is 0.458. The van der Waals surface area contributed by atoms with Gasteiger partial charge in [0.15, 0.2) is 0 Å². The number of anilines is 1. The number of rotatable bonds is 6. The zero-order valence-electron chi connectivity index (χ0n) is 18.7. The number of nitrogens with one attached hydrogen (secondary N) is 1. The first-order chi connectivity index (χ1) is 15.9. The molecule has 2 fully saturated rings. The molecule has 0 spiro atoms. The van der Waals surface area contributed by atoms with Crippen molar-refractivity contribution in [3.05, 3.63) is 40.2 Å². The largest absolute Gasteiger partial charge is 0.377 e. The minimum Gasteiger partial charge on any atom is -0.377 e. The third-order valence-corrected chi connectivity index (χ3v) is 7.44. The lowest BCUT2D eigenvalue weighted by Crippen LogP contribution is -2.47. The van der Waals surface area contributed by atoms with Gasteiger partial charge in [-0.3, -0.25) is 9.59 Å². The first-order valence-electron chi connectivity index (χ1n) is 11.0. The third kappa shape index (κ3) is 5.39. The van der Waals surface area contributed by atoms with Crippen LogP contribution >= 0.6 is 22.9 Å². The Balaban J connectivity index is 1.36. The molecule has 0 bridgehead atoms. The Hall–Kier alpha value is -2.44. The van der Waals surface area contributed by atoms with Crippen LogP contribution < -0.4 is 5.32 Å². The minimum absolute atomic E-state index is 0.137. The monoisotopic (exact) mass is 486 g/mol. The van der Waals surface area contributed by atoms with E-state index in [9.17, 15) is 14.9 Å². The van der Waals surface area contributed by atoms with Gasteiger partial charge >= 0.3 is 0 Å². The van der Waals surface area contributed by atoms with Crippen molar-refractivity contribution >= 4 is 39.8 Å². The number of nitrogens with zero attached hydrogens (tertiary/aromatic N) is 3. The number of halogens is 1. The van der Waals surface area contributed by atoms with Gasteiger partial charge in [-0.05, 0) is 44.1 Å². The van der Waals surface area contributed by atoms with Crippen LogP contribution in [0.25, 0.3) is 11.1 Å². The zero-order valence-corrected chi connectivity index (χ0v) is 20.3. The predicted octanol–water partition coefficient (Wildman–Crippen LogP) is 3.69. The van der Waals surface area contributed by atoms with Crippen LogP contribution in [0, 0.1) is 23.2 Å². The molecule has 2 amide bonds. The summed E-state index contributed by atoms with van der Waals surface area (Å²) in [5, 5.41) is 15.7. The molecule has 0 saturated carbocycles. The zero-order chi connectivity index (χ0) is 23.5. The summed E-state index contributed by atoms with van der Waals surface area (Å²) in [6.07, 6.45) is 0.916. The molecule has 0 radical (unpaired) electrons. The van der Waals surface area contributed by atoms with Crippen LogP contribution in [0.2, 0.25) is 5.02 Å². The Morgan fingerprint density at radius 3 is 2.79 bits per heavy atom. The summed E-state index contributed by atoms with van der Waals surface area (Å²) in [7, 11) is 3.78. The molecule has 7 nitrogen and oxygen atoms in total. The van der Waals surface area contributed by atoms with Gasteiger partial charge in [-0.15, -0.1) is 11.3 Å². The number of piperidine rings is 1. The summed E-state index contributed by atoms with van der Waals surface area (Å²) in [6.45, 7) is 2.36. The third-order valence-electron chi connectivity index (χ3n) is 6.30. The number of hydrogen-bond acceptors (Lipinski definition) is 6. The second-order valence-electron chi connectivity index (χ2n) is 8.89. The van der Waals surface area contributed by atoms with E-state index in [4.69, 9.17) is 16.3 Å². The molecule has 0 unspecified atom stereocenters. The van der Waals surface area contributed by atoms with E-state index in [0.717, 1.165) is 17.5 Å². The van der Waals surface area contributed by atoms with Crippen LogP contribution in [-0.4, -0.2) is 68.1 Å². The maximum absolute atomic E-state index is 12.8. The Labute approximate surface area is 202 Å². The van der Waals surface area contributed by atoms with Crippen LogP contribution in [0.15, 0.2) is 29.6 Å². The smallest absolute Gasteiger partial charge is 0.236 e. The van der Waals surface area contributed by atoms with Gasteiger partial charge in [-0.25, -0.2) is 0 Å². The number of amides is 2. The molecule has 4 rings (SSSR count). The average Bonchev–Trinajstić information content (AvgIpc) is 3.37. The molecule has 2 aliphatic rings. The van der Waals surface area contributed by atoms with Gasteiger partial charge < -0.3 is 19.9 Å². The van der Waals surface area contributed by atoms with Crippen molar-refractivity contribution < 1.29 is 14.3 Å². The minimum atomic E-state index is -0.165. The summed E-state index contributed by atoms with van der Waals surface area (Å²) < 4.78 is 5.98. The van der Waals surface area contributed by atoms with Gasteiger partial charge in [0, 0.05) is 35.0 Å². The fourth-order valence-corrected chi connectivity index (χ4v) is 5.72. The maximum Gasteiger partial charge on any atom is 0.236 e. The number of carbonyl (C=O) groups is 2.